The van der Waals surface area contributed by atoms with E-state index in [-0.39, 0.29) is 12.1 Å². The molecular weight excluding hydrogens is 358 g/mol. The molecule has 0 aliphatic carbocycles. The van der Waals surface area contributed by atoms with Gasteiger partial charge in [-0.15, -0.1) is 0 Å². The van der Waals surface area contributed by atoms with E-state index in [4.69, 9.17) is 21.8 Å². The zero-order chi connectivity index (χ0) is 18.8. The van der Waals surface area contributed by atoms with Crippen molar-refractivity contribution in [1.29, 1.82) is 0 Å². The number of hydroxylamine groups is 1. The number of methoxy groups -OCH3 is 1. The van der Waals surface area contributed by atoms with Gasteiger partial charge in [0, 0.05) is 23.4 Å². The Kier molecular flexibility index (Phi) is 4.92. The Bertz CT molecular complexity index is 907. The lowest BCUT2D eigenvalue weighted by atomic mass is 9.91. The van der Waals surface area contributed by atoms with Gasteiger partial charge in [0.25, 0.3) is 0 Å². The summed E-state index contributed by atoms with van der Waals surface area (Å²) in [6, 6.07) is 18.1. The quantitative estimate of drug-likeness (QED) is 0.790. The van der Waals surface area contributed by atoms with Crippen LogP contribution in [0.4, 0.5) is 0 Å². The van der Waals surface area contributed by atoms with Crippen molar-refractivity contribution in [3.8, 4) is 5.75 Å². The molecule has 2 heterocycles. The number of hydrogen-bond acceptors (Lipinski definition) is 4. The molecule has 2 unspecified atom stereocenters. The molecule has 0 amide bonds. The van der Waals surface area contributed by atoms with Crippen molar-refractivity contribution in [2.75, 3.05) is 7.11 Å². The third kappa shape index (κ3) is 3.59. The second-order valence-electron chi connectivity index (χ2n) is 6.57. The number of nitrogens with one attached hydrogen (secondary N) is 2. The predicted octanol–water partition coefficient (Wildman–Crippen LogP) is 4.01. The molecule has 2 aromatic carbocycles. The topological polar surface area (TPSA) is 54.9 Å². The van der Waals surface area contributed by atoms with Crippen LogP contribution in [0.5, 0.6) is 5.75 Å². The molecule has 2 N–H and O–H groups in total. The smallest absolute Gasteiger partial charge is 0.193 e. The van der Waals surface area contributed by atoms with Crippen molar-refractivity contribution >= 4 is 23.0 Å². The molecule has 1 fully saturated rings. The molecule has 0 radical (unpaired) electrons. The molecule has 0 aromatic heterocycles. The lowest BCUT2D eigenvalue weighted by Crippen LogP contribution is -2.36. The summed E-state index contributed by atoms with van der Waals surface area (Å²) in [6.07, 6.45) is 0.736. The maximum absolute atomic E-state index is 5.86. The van der Waals surface area contributed by atoms with Gasteiger partial charge in [0.05, 0.1) is 13.2 Å². The first-order valence-corrected chi connectivity index (χ1v) is 9.26. The average molecular weight is 379 g/mol. The van der Waals surface area contributed by atoms with Gasteiger partial charge in [0.15, 0.2) is 5.11 Å². The minimum atomic E-state index is -0.0819. The second-order valence-corrected chi connectivity index (χ2v) is 6.96. The van der Waals surface area contributed by atoms with E-state index in [2.05, 4.69) is 27.9 Å². The summed E-state index contributed by atoms with van der Waals surface area (Å²) < 4.78 is 5.27. The Morgan fingerprint density at radius 1 is 1.07 bits per heavy atom. The maximum Gasteiger partial charge on any atom is 0.193 e. The highest BCUT2D eigenvalue weighted by atomic mass is 32.1. The van der Waals surface area contributed by atoms with E-state index < -0.39 is 0 Å². The van der Waals surface area contributed by atoms with Gasteiger partial charge < -0.3 is 10.1 Å². The Hall–Kier alpha value is -2.70. The highest BCUT2D eigenvalue weighted by Crippen LogP contribution is 2.36. The zero-order valence-corrected chi connectivity index (χ0v) is 16.0. The highest BCUT2D eigenvalue weighted by molar-refractivity contribution is 7.80. The molecule has 4 rings (SSSR count). The molecular formula is C21H21N3O2S. The lowest BCUT2D eigenvalue weighted by Gasteiger charge is -2.28. The first-order chi connectivity index (χ1) is 13.2. The number of aliphatic imine (C=N–C) groups is 1. The van der Waals surface area contributed by atoms with Crippen LogP contribution in [-0.2, 0) is 4.84 Å². The lowest BCUT2D eigenvalue weighted by molar-refractivity contribution is 0.0388. The molecule has 2 aliphatic rings. The van der Waals surface area contributed by atoms with Crippen molar-refractivity contribution in [2.45, 2.75) is 25.5 Å². The Morgan fingerprint density at radius 3 is 2.52 bits per heavy atom. The second kappa shape index (κ2) is 7.50. The largest absolute Gasteiger partial charge is 0.497 e. The van der Waals surface area contributed by atoms with Crippen LogP contribution in [0.2, 0.25) is 0 Å². The molecule has 0 bridgehead atoms. The Balaban J connectivity index is 1.69. The number of nitrogens with zero attached hydrogens (tertiary/aromatic N) is 1. The Labute approximate surface area is 164 Å². The van der Waals surface area contributed by atoms with Crippen LogP contribution < -0.4 is 15.5 Å². The monoisotopic (exact) mass is 379 g/mol. The van der Waals surface area contributed by atoms with Crippen molar-refractivity contribution in [3.63, 3.8) is 0 Å². The minimum Gasteiger partial charge on any atom is -0.497 e. The van der Waals surface area contributed by atoms with Gasteiger partial charge in [-0.1, -0.05) is 42.5 Å². The first-order valence-electron chi connectivity index (χ1n) is 8.85. The van der Waals surface area contributed by atoms with Crippen LogP contribution in [0.25, 0.3) is 0 Å². The van der Waals surface area contributed by atoms with Gasteiger partial charge in [-0.25, -0.2) is 4.99 Å². The van der Waals surface area contributed by atoms with Crippen LogP contribution in [-0.4, -0.2) is 17.9 Å². The SMILES string of the molecule is COc1ccc(C2NC(=S)N=C(C)/C2=C2/CC(c3ccccc3)ON2)cc1. The van der Waals surface area contributed by atoms with E-state index in [1.165, 1.54) is 0 Å². The summed E-state index contributed by atoms with van der Waals surface area (Å²) >= 11 is 5.34. The van der Waals surface area contributed by atoms with Gasteiger partial charge in [0.2, 0.25) is 0 Å². The molecule has 2 atom stereocenters. The number of rotatable bonds is 3. The van der Waals surface area contributed by atoms with Gasteiger partial charge in [-0.2, -0.15) is 0 Å². The van der Waals surface area contributed by atoms with Crippen LogP contribution in [0.1, 0.15) is 36.6 Å². The molecule has 1 saturated heterocycles. The molecule has 2 aromatic rings. The van der Waals surface area contributed by atoms with Crippen LogP contribution >= 0.6 is 12.2 Å². The van der Waals surface area contributed by atoms with E-state index in [9.17, 15) is 0 Å². The van der Waals surface area contributed by atoms with Gasteiger partial charge in [-0.05, 0) is 42.4 Å². The third-order valence-corrected chi connectivity index (χ3v) is 5.08. The summed E-state index contributed by atoms with van der Waals surface area (Å²) in [7, 11) is 1.66. The first kappa shape index (κ1) is 17.7. The fraction of sp³-hybridized carbons (Fsp3) is 0.238. The molecule has 2 aliphatic heterocycles. The van der Waals surface area contributed by atoms with E-state index in [0.29, 0.717) is 5.11 Å². The fourth-order valence-electron chi connectivity index (χ4n) is 3.52. The number of benzene rings is 2. The molecule has 6 heteroatoms. The third-order valence-electron chi connectivity index (χ3n) is 4.88. The Morgan fingerprint density at radius 2 is 1.81 bits per heavy atom. The standard InChI is InChI=1S/C21H21N3O2S/c1-13-19(17-12-18(26-24-17)14-6-4-3-5-7-14)20(23-21(27)22-13)15-8-10-16(25-2)11-9-15/h3-11,18,20,24H,12H2,1-2H3,(H,23,27)/b19-17+. The molecule has 0 saturated carbocycles. The number of thiocarbonyl (C=S) groups is 1. The van der Waals surface area contributed by atoms with Gasteiger partial charge >= 0.3 is 0 Å². The summed E-state index contributed by atoms with van der Waals surface area (Å²) in [4.78, 5) is 10.3. The van der Waals surface area contributed by atoms with Gasteiger partial charge in [0.1, 0.15) is 11.9 Å². The average Bonchev–Trinajstić information content (AvgIpc) is 3.18. The van der Waals surface area contributed by atoms with Crippen molar-refractivity contribution in [3.05, 3.63) is 77.0 Å². The van der Waals surface area contributed by atoms with Crippen molar-refractivity contribution < 1.29 is 9.57 Å². The summed E-state index contributed by atoms with van der Waals surface area (Å²) in [5, 5.41) is 3.83. The minimum absolute atomic E-state index is 0.0214. The van der Waals surface area contributed by atoms with E-state index >= 15 is 0 Å². The van der Waals surface area contributed by atoms with Crippen LogP contribution in [0.15, 0.2) is 70.9 Å². The van der Waals surface area contributed by atoms with E-state index in [1.54, 1.807) is 7.11 Å². The molecule has 27 heavy (non-hydrogen) atoms. The normalized spacial score (nSPS) is 24.8. The predicted molar refractivity (Wildman–Crippen MR) is 110 cm³/mol. The van der Waals surface area contributed by atoms with E-state index in [0.717, 1.165) is 40.3 Å². The van der Waals surface area contributed by atoms with Crippen LogP contribution in [0.3, 0.4) is 0 Å². The molecule has 0 spiro atoms. The summed E-state index contributed by atoms with van der Waals surface area (Å²) in [6.45, 7) is 1.99. The summed E-state index contributed by atoms with van der Waals surface area (Å²) in [5.74, 6) is 0.822. The highest BCUT2D eigenvalue weighted by Gasteiger charge is 2.32. The molecule has 138 valence electrons. The zero-order valence-electron chi connectivity index (χ0n) is 15.2. The van der Waals surface area contributed by atoms with E-state index in [1.807, 2.05) is 49.4 Å². The number of ether oxygens (including phenoxy) is 1. The molecule has 5 nitrogen and oxygen atoms in total. The summed E-state index contributed by atoms with van der Waals surface area (Å²) in [5.41, 5.74) is 8.39. The fourth-order valence-corrected chi connectivity index (χ4v) is 3.77. The van der Waals surface area contributed by atoms with Crippen LogP contribution in [0, 0.1) is 0 Å². The maximum atomic E-state index is 5.86. The van der Waals surface area contributed by atoms with Gasteiger partial charge in [-0.3, -0.25) is 10.3 Å². The van der Waals surface area contributed by atoms with Crippen molar-refractivity contribution in [1.82, 2.24) is 10.8 Å². The number of hydrogen-bond donors (Lipinski definition) is 2. The van der Waals surface area contributed by atoms with Crippen molar-refractivity contribution in [2.24, 2.45) is 4.99 Å².